The number of hydrogen-bond acceptors (Lipinski definition) is 3. The van der Waals surface area contributed by atoms with E-state index < -0.39 is 5.82 Å². The zero-order valence-electron chi connectivity index (χ0n) is 14.4. The summed E-state index contributed by atoms with van der Waals surface area (Å²) in [7, 11) is 0. The molecule has 2 aromatic carbocycles. The predicted molar refractivity (Wildman–Crippen MR) is 95.3 cm³/mol. The average molecular weight is 356 g/mol. The Bertz CT molecular complexity index is 777. The number of hydrogen-bond donors (Lipinski definition) is 1. The van der Waals surface area contributed by atoms with E-state index in [4.69, 9.17) is 4.74 Å². The monoisotopic (exact) mass is 356 g/mol. The van der Waals surface area contributed by atoms with E-state index in [1.807, 2.05) is 17.0 Å². The number of carbonyl (C=O) groups excluding carboxylic acids is 2. The third-order valence-electron chi connectivity index (χ3n) is 4.24. The summed E-state index contributed by atoms with van der Waals surface area (Å²) in [6.07, 6.45) is 1.53. The molecule has 1 fully saturated rings. The number of likely N-dealkylation sites (tertiary alicyclic amines) is 1. The first-order valence-electron chi connectivity index (χ1n) is 8.66. The van der Waals surface area contributed by atoms with Gasteiger partial charge in [0.1, 0.15) is 6.61 Å². The summed E-state index contributed by atoms with van der Waals surface area (Å²) in [6, 6.07) is 13.3. The topological polar surface area (TPSA) is 58.6 Å². The van der Waals surface area contributed by atoms with Gasteiger partial charge in [-0.2, -0.15) is 0 Å². The molecule has 26 heavy (non-hydrogen) atoms. The van der Waals surface area contributed by atoms with Crippen LogP contribution in [0, 0.1) is 5.82 Å². The first kappa shape index (κ1) is 17.9. The maximum Gasteiger partial charge on any atom is 0.251 e. The molecule has 1 saturated heterocycles. The Hall–Kier alpha value is -2.89. The highest BCUT2D eigenvalue weighted by molar-refractivity contribution is 5.94. The maximum absolute atomic E-state index is 13.4. The van der Waals surface area contributed by atoms with E-state index >= 15 is 0 Å². The lowest BCUT2D eigenvalue weighted by atomic mass is 10.1. The Morgan fingerprint density at radius 1 is 1.15 bits per heavy atom. The number of para-hydroxylation sites is 1. The summed E-state index contributed by atoms with van der Waals surface area (Å²) < 4.78 is 18.7. The first-order chi connectivity index (χ1) is 12.6. The Morgan fingerprint density at radius 2 is 1.92 bits per heavy atom. The van der Waals surface area contributed by atoms with Gasteiger partial charge >= 0.3 is 0 Å². The van der Waals surface area contributed by atoms with Gasteiger partial charge in [0.25, 0.3) is 5.91 Å². The van der Waals surface area contributed by atoms with Gasteiger partial charge in [-0.3, -0.25) is 9.59 Å². The molecule has 0 spiro atoms. The van der Waals surface area contributed by atoms with Crippen molar-refractivity contribution in [3.8, 4) is 5.75 Å². The highest BCUT2D eigenvalue weighted by Crippen LogP contribution is 2.16. The second-order valence-corrected chi connectivity index (χ2v) is 6.15. The molecule has 1 N–H and O–H groups in total. The third kappa shape index (κ3) is 4.59. The predicted octanol–water partition coefficient (Wildman–Crippen LogP) is 2.76. The molecule has 2 amide bonds. The minimum Gasteiger partial charge on any atom is -0.489 e. The van der Waals surface area contributed by atoms with Gasteiger partial charge in [0, 0.05) is 25.1 Å². The van der Waals surface area contributed by atoms with Gasteiger partial charge < -0.3 is 15.0 Å². The van der Waals surface area contributed by atoms with Gasteiger partial charge in [-0.15, -0.1) is 0 Å². The summed E-state index contributed by atoms with van der Waals surface area (Å²) in [4.78, 5) is 25.6. The molecule has 0 radical (unpaired) electrons. The van der Waals surface area contributed by atoms with Crippen molar-refractivity contribution in [1.82, 2.24) is 10.2 Å². The van der Waals surface area contributed by atoms with Crippen LogP contribution >= 0.6 is 0 Å². The van der Waals surface area contributed by atoms with Crippen LogP contribution in [0.1, 0.15) is 28.8 Å². The van der Waals surface area contributed by atoms with E-state index in [0.717, 1.165) is 18.5 Å². The number of amides is 2. The van der Waals surface area contributed by atoms with E-state index in [9.17, 15) is 14.0 Å². The minimum atomic E-state index is -0.425. The molecule has 136 valence electrons. The molecule has 1 aliphatic heterocycles. The number of benzene rings is 2. The zero-order valence-corrected chi connectivity index (χ0v) is 14.4. The van der Waals surface area contributed by atoms with Crippen molar-refractivity contribution in [3.63, 3.8) is 0 Å². The zero-order chi connectivity index (χ0) is 18.4. The average Bonchev–Trinajstić information content (AvgIpc) is 3.05. The van der Waals surface area contributed by atoms with Gasteiger partial charge in [0.2, 0.25) is 5.91 Å². The van der Waals surface area contributed by atoms with Crippen molar-refractivity contribution in [2.24, 2.45) is 0 Å². The van der Waals surface area contributed by atoms with E-state index in [0.29, 0.717) is 18.5 Å². The lowest BCUT2D eigenvalue weighted by molar-refractivity contribution is -0.128. The lowest BCUT2D eigenvalue weighted by Gasteiger charge is -2.15. The van der Waals surface area contributed by atoms with Gasteiger partial charge in [-0.05, 0) is 36.2 Å². The van der Waals surface area contributed by atoms with Gasteiger partial charge in [0.15, 0.2) is 11.6 Å². The van der Waals surface area contributed by atoms with Crippen molar-refractivity contribution in [2.45, 2.75) is 19.4 Å². The molecule has 2 aromatic rings. The van der Waals surface area contributed by atoms with E-state index in [2.05, 4.69) is 5.32 Å². The van der Waals surface area contributed by atoms with E-state index in [-0.39, 0.29) is 30.7 Å². The van der Waals surface area contributed by atoms with Crippen molar-refractivity contribution >= 4 is 11.8 Å². The van der Waals surface area contributed by atoms with Crippen molar-refractivity contribution in [1.29, 1.82) is 0 Å². The lowest BCUT2D eigenvalue weighted by Crippen LogP contribution is -2.28. The molecule has 3 rings (SSSR count). The van der Waals surface area contributed by atoms with Crippen LogP contribution < -0.4 is 10.1 Å². The van der Waals surface area contributed by atoms with Gasteiger partial charge in [-0.25, -0.2) is 4.39 Å². The smallest absolute Gasteiger partial charge is 0.251 e. The number of ether oxygens (including phenoxy) is 1. The largest absolute Gasteiger partial charge is 0.489 e. The third-order valence-corrected chi connectivity index (χ3v) is 4.24. The molecule has 6 heteroatoms. The Balaban J connectivity index is 1.44. The Morgan fingerprint density at radius 3 is 2.62 bits per heavy atom. The van der Waals surface area contributed by atoms with Gasteiger partial charge in [0.05, 0.1) is 6.54 Å². The second-order valence-electron chi connectivity index (χ2n) is 6.15. The molecule has 5 nitrogen and oxygen atoms in total. The molecule has 0 bridgehead atoms. The molecule has 0 aliphatic carbocycles. The van der Waals surface area contributed by atoms with Crippen LogP contribution in [0.15, 0.2) is 48.5 Å². The molecule has 1 heterocycles. The van der Waals surface area contributed by atoms with Crippen LogP contribution in [0.5, 0.6) is 5.75 Å². The SMILES string of the molecule is O=C(NCCOc1ccccc1F)c1ccc(CN2CCCC2=O)cc1. The fraction of sp³-hybridized carbons (Fsp3) is 0.300. The van der Waals surface area contributed by atoms with Crippen LogP contribution in [0.2, 0.25) is 0 Å². The first-order valence-corrected chi connectivity index (χ1v) is 8.66. The molecule has 1 aliphatic rings. The van der Waals surface area contributed by atoms with Crippen LogP contribution in [-0.2, 0) is 11.3 Å². The van der Waals surface area contributed by atoms with E-state index in [1.165, 1.54) is 6.07 Å². The number of rotatable bonds is 7. The van der Waals surface area contributed by atoms with Crippen LogP contribution in [-0.4, -0.2) is 36.4 Å². The van der Waals surface area contributed by atoms with Crippen LogP contribution in [0.3, 0.4) is 0 Å². The summed E-state index contributed by atoms with van der Waals surface area (Å²) in [5.41, 5.74) is 1.53. The summed E-state index contributed by atoms with van der Waals surface area (Å²) >= 11 is 0. The summed E-state index contributed by atoms with van der Waals surface area (Å²) in [6.45, 7) is 1.83. The molecule has 0 unspecified atom stereocenters. The van der Waals surface area contributed by atoms with Crippen molar-refractivity contribution < 1.29 is 18.7 Å². The Labute approximate surface area is 151 Å². The Kier molecular flexibility index (Phi) is 5.84. The van der Waals surface area contributed by atoms with Gasteiger partial charge in [-0.1, -0.05) is 24.3 Å². The summed E-state index contributed by atoms with van der Waals surface area (Å²) in [5, 5.41) is 2.74. The number of carbonyl (C=O) groups is 2. The quantitative estimate of drug-likeness (QED) is 0.776. The van der Waals surface area contributed by atoms with Crippen LogP contribution in [0.25, 0.3) is 0 Å². The number of halogens is 1. The van der Waals surface area contributed by atoms with Crippen LogP contribution in [0.4, 0.5) is 4.39 Å². The highest BCUT2D eigenvalue weighted by Gasteiger charge is 2.19. The fourth-order valence-electron chi connectivity index (χ4n) is 2.84. The molecular formula is C20H21FN2O3. The number of nitrogens with one attached hydrogen (secondary N) is 1. The van der Waals surface area contributed by atoms with Crippen molar-refractivity contribution in [2.75, 3.05) is 19.7 Å². The molecular weight excluding hydrogens is 335 g/mol. The minimum absolute atomic E-state index is 0.169. The molecule has 0 aromatic heterocycles. The van der Waals surface area contributed by atoms with E-state index in [1.54, 1.807) is 30.3 Å². The second kappa shape index (κ2) is 8.47. The maximum atomic E-state index is 13.4. The molecule has 0 atom stereocenters. The highest BCUT2D eigenvalue weighted by atomic mass is 19.1. The summed E-state index contributed by atoms with van der Waals surface area (Å²) in [5.74, 6) is -0.291. The number of nitrogens with zero attached hydrogens (tertiary/aromatic N) is 1. The standard InChI is InChI=1S/C20H21FN2O3/c21-17-4-1-2-5-18(17)26-13-11-22-20(25)16-9-7-15(8-10-16)14-23-12-3-6-19(23)24/h1-2,4-5,7-10H,3,6,11-14H2,(H,22,25). The normalized spacial score (nSPS) is 13.7. The van der Waals surface area contributed by atoms with Crippen molar-refractivity contribution in [3.05, 3.63) is 65.5 Å². The fourth-order valence-corrected chi connectivity index (χ4v) is 2.84. The molecule has 0 saturated carbocycles.